The summed E-state index contributed by atoms with van der Waals surface area (Å²) >= 11 is 0. The smallest absolute Gasteiger partial charge is 0.0826 e. The van der Waals surface area contributed by atoms with Gasteiger partial charge in [-0.2, -0.15) is 0 Å². The molecular weight excluding hydrogens is 152 g/mol. The highest BCUT2D eigenvalue weighted by atomic mass is 16.5. The number of ether oxygens (including phenoxy) is 1. The maximum Gasteiger partial charge on any atom is 0.0826 e. The lowest BCUT2D eigenvalue weighted by molar-refractivity contribution is -0.0383. The van der Waals surface area contributed by atoms with E-state index in [9.17, 15) is 5.11 Å². The van der Waals surface area contributed by atoms with Crippen LogP contribution >= 0.6 is 0 Å². The summed E-state index contributed by atoms with van der Waals surface area (Å²) in [5.74, 6) is 0. The van der Waals surface area contributed by atoms with E-state index in [4.69, 9.17) is 4.74 Å². The quantitative estimate of drug-likeness (QED) is 0.705. The van der Waals surface area contributed by atoms with Crippen LogP contribution in [-0.4, -0.2) is 24.9 Å². The van der Waals surface area contributed by atoms with Crippen molar-refractivity contribution < 1.29 is 9.84 Å². The number of methoxy groups -OCH3 is 1. The molecule has 0 heterocycles. The summed E-state index contributed by atoms with van der Waals surface area (Å²) in [6.45, 7) is 2.66. The van der Waals surface area contributed by atoms with Gasteiger partial charge in [-0.05, 0) is 18.3 Å². The van der Waals surface area contributed by atoms with E-state index in [0.717, 1.165) is 12.8 Å². The summed E-state index contributed by atoms with van der Waals surface area (Å²) in [5.41, 5.74) is 0.119. The van der Waals surface area contributed by atoms with Crippen molar-refractivity contribution in [2.45, 2.75) is 45.1 Å². The first-order chi connectivity index (χ1) is 5.69. The summed E-state index contributed by atoms with van der Waals surface area (Å²) in [5, 5.41) is 9.81. The second-order valence-corrected chi connectivity index (χ2v) is 4.19. The van der Waals surface area contributed by atoms with Gasteiger partial charge in [0, 0.05) is 7.11 Å². The number of aliphatic hydroxyl groups excluding tert-OH is 1. The second kappa shape index (κ2) is 4.24. The molecule has 1 aliphatic rings. The standard InChI is InChI=1S/C10H20O2/c1-10(9(11)8-12-2)6-4-3-5-7-10/h9,11H,3-8H2,1-2H3. The van der Waals surface area contributed by atoms with Crippen LogP contribution in [0.15, 0.2) is 0 Å². The first-order valence-corrected chi connectivity index (χ1v) is 4.86. The number of rotatable bonds is 3. The zero-order chi connectivity index (χ0) is 9.03. The van der Waals surface area contributed by atoms with Crippen LogP contribution in [0.5, 0.6) is 0 Å². The van der Waals surface area contributed by atoms with E-state index in [2.05, 4.69) is 6.92 Å². The van der Waals surface area contributed by atoms with E-state index >= 15 is 0 Å². The van der Waals surface area contributed by atoms with Crippen molar-refractivity contribution in [1.29, 1.82) is 0 Å². The van der Waals surface area contributed by atoms with Gasteiger partial charge in [0.25, 0.3) is 0 Å². The molecule has 1 N–H and O–H groups in total. The normalized spacial score (nSPS) is 25.2. The van der Waals surface area contributed by atoms with Gasteiger partial charge in [0.05, 0.1) is 12.7 Å². The highest BCUT2D eigenvalue weighted by molar-refractivity contribution is 4.84. The summed E-state index contributed by atoms with van der Waals surface area (Å²) in [6.07, 6.45) is 5.88. The number of aliphatic hydroxyl groups is 1. The predicted molar refractivity (Wildman–Crippen MR) is 49.1 cm³/mol. The van der Waals surface area contributed by atoms with Crippen LogP contribution in [0.1, 0.15) is 39.0 Å². The molecule has 0 bridgehead atoms. The maximum absolute atomic E-state index is 9.81. The Morgan fingerprint density at radius 2 is 1.92 bits per heavy atom. The SMILES string of the molecule is COCC(O)C1(C)CCCCC1. The Hall–Kier alpha value is -0.0800. The second-order valence-electron chi connectivity index (χ2n) is 4.19. The van der Waals surface area contributed by atoms with Gasteiger partial charge in [-0.15, -0.1) is 0 Å². The van der Waals surface area contributed by atoms with Crippen molar-refractivity contribution >= 4 is 0 Å². The fraction of sp³-hybridized carbons (Fsp3) is 1.00. The van der Waals surface area contributed by atoms with Crippen LogP contribution in [0.25, 0.3) is 0 Å². The maximum atomic E-state index is 9.81. The molecule has 0 aromatic rings. The van der Waals surface area contributed by atoms with Crippen LogP contribution < -0.4 is 0 Å². The lowest BCUT2D eigenvalue weighted by Crippen LogP contribution is -2.37. The molecule has 0 amide bonds. The molecule has 1 atom stereocenters. The summed E-state index contributed by atoms with van der Waals surface area (Å²) in [6, 6.07) is 0. The van der Waals surface area contributed by atoms with Crippen LogP contribution in [0.4, 0.5) is 0 Å². The molecule has 72 valence electrons. The van der Waals surface area contributed by atoms with Crippen molar-refractivity contribution in [2.75, 3.05) is 13.7 Å². The molecule has 1 aliphatic carbocycles. The fourth-order valence-corrected chi connectivity index (χ4v) is 2.05. The molecule has 1 saturated carbocycles. The van der Waals surface area contributed by atoms with Crippen molar-refractivity contribution in [3.8, 4) is 0 Å². The van der Waals surface area contributed by atoms with E-state index in [0.29, 0.717) is 6.61 Å². The fourth-order valence-electron chi connectivity index (χ4n) is 2.05. The Morgan fingerprint density at radius 1 is 1.33 bits per heavy atom. The van der Waals surface area contributed by atoms with E-state index in [-0.39, 0.29) is 11.5 Å². The molecule has 0 aliphatic heterocycles. The molecule has 2 heteroatoms. The average molecular weight is 172 g/mol. The van der Waals surface area contributed by atoms with Crippen LogP contribution in [0.3, 0.4) is 0 Å². The minimum Gasteiger partial charge on any atom is -0.390 e. The Balaban J connectivity index is 2.44. The Kier molecular flexibility index (Phi) is 3.53. The molecule has 0 saturated heterocycles. The summed E-state index contributed by atoms with van der Waals surface area (Å²) < 4.78 is 4.97. The van der Waals surface area contributed by atoms with Crippen LogP contribution in [-0.2, 0) is 4.74 Å². The van der Waals surface area contributed by atoms with E-state index in [1.807, 2.05) is 0 Å². The highest BCUT2D eigenvalue weighted by Gasteiger charge is 2.33. The van der Waals surface area contributed by atoms with E-state index in [1.54, 1.807) is 7.11 Å². The molecule has 12 heavy (non-hydrogen) atoms. The van der Waals surface area contributed by atoms with Crippen LogP contribution in [0, 0.1) is 5.41 Å². The largest absolute Gasteiger partial charge is 0.390 e. The molecule has 0 aromatic heterocycles. The van der Waals surface area contributed by atoms with Crippen LogP contribution in [0.2, 0.25) is 0 Å². The molecule has 0 radical (unpaired) electrons. The molecule has 2 nitrogen and oxygen atoms in total. The third-order valence-electron chi connectivity index (χ3n) is 3.12. The molecule has 0 aromatic carbocycles. The van der Waals surface area contributed by atoms with E-state index in [1.165, 1.54) is 19.3 Å². The third kappa shape index (κ3) is 2.20. The minimum absolute atomic E-state index is 0.119. The lowest BCUT2D eigenvalue weighted by atomic mass is 9.72. The number of hydrogen-bond donors (Lipinski definition) is 1. The van der Waals surface area contributed by atoms with Crippen molar-refractivity contribution in [3.05, 3.63) is 0 Å². The van der Waals surface area contributed by atoms with Crippen molar-refractivity contribution in [3.63, 3.8) is 0 Å². The first-order valence-electron chi connectivity index (χ1n) is 4.86. The summed E-state index contributed by atoms with van der Waals surface area (Å²) in [4.78, 5) is 0. The Bertz CT molecular complexity index is 128. The Morgan fingerprint density at radius 3 is 2.42 bits per heavy atom. The molecule has 1 unspecified atom stereocenters. The van der Waals surface area contributed by atoms with Gasteiger partial charge < -0.3 is 9.84 Å². The monoisotopic (exact) mass is 172 g/mol. The van der Waals surface area contributed by atoms with Gasteiger partial charge in [0.15, 0.2) is 0 Å². The zero-order valence-electron chi connectivity index (χ0n) is 8.18. The predicted octanol–water partition coefficient (Wildman–Crippen LogP) is 1.96. The average Bonchev–Trinajstić information content (AvgIpc) is 2.06. The Labute approximate surface area is 74.9 Å². The summed E-state index contributed by atoms with van der Waals surface area (Å²) in [7, 11) is 1.65. The highest BCUT2D eigenvalue weighted by Crippen LogP contribution is 2.38. The molecule has 1 fully saturated rings. The van der Waals surface area contributed by atoms with Gasteiger partial charge >= 0.3 is 0 Å². The van der Waals surface area contributed by atoms with Crippen molar-refractivity contribution in [2.24, 2.45) is 5.41 Å². The van der Waals surface area contributed by atoms with Gasteiger partial charge in [0.1, 0.15) is 0 Å². The topological polar surface area (TPSA) is 29.5 Å². The molecular formula is C10H20O2. The minimum atomic E-state index is -0.275. The molecule has 1 rings (SSSR count). The number of hydrogen-bond acceptors (Lipinski definition) is 2. The zero-order valence-corrected chi connectivity index (χ0v) is 8.18. The third-order valence-corrected chi connectivity index (χ3v) is 3.12. The first kappa shape index (κ1) is 10.0. The van der Waals surface area contributed by atoms with E-state index < -0.39 is 0 Å². The lowest BCUT2D eigenvalue weighted by Gasteiger charge is -2.37. The molecule has 0 spiro atoms. The van der Waals surface area contributed by atoms with Crippen molar-refractivity contribution in [1.82, 2.24) is 0 Å². The van der Waals surface area contributed by atoms with Gasteiger partial charge in [-0.1, -0.05) is 26.2 Å². The van der Waals surface area contributed by atoms with Gasteiger partial charge in [-0.25, -0.2) is 0 Å². The van der Waals surface area contributed by atoms with Gasteiger partial charge in [0.2, 0.25) is 0 Å². The van der Waals surface area contributed by atoms with Gasteiger partial charge in [-0.3, -0.25) is 0 Å².